The maximum atomic E-state index is 15.0. The Morgan fingerprint density at radius 3 is 2.21 bits per heavy atom. The summed E-state index contributed by atoms with van der Waals surface area (Å²) in [5, 5.41) is 47.4. The highest BCUT2D eigenvalue weighted by Gasteiger charge is 2.41. The maximum Gasteiger partial charge on any atom is 0.246 e. The summed E-state index contributed by atoms with van der Waals surface area (Å²) >= 11 is 5.12. The first-order valence-corrected chi connectivity index (χ1v) is 30.3. The van der Waals surface area contributed by atoms with Crippen LogP contribution in [-0.4, -0.2) is 194 Å². The van der Waals surface area contributed by atoms with Crippen molar-refractivity contribution in [3.05, 3.63) is 59.7 Å². The molecule has 5 heterocycles. The number of aliphatic hydroxyl groups excluding tert-OH is 2. The van der Waals surface area contributed by atoms with Crippen molar-refractivity contribution in [1.82, 2.24) is 62.6 Å². The summed E-state index contributed by atoms with van der Waals surface area (Å²) in [5.74, 6) is -10.6. The number of likely N-dealkylation sites (tertiary alicyclic amines) is 1. The predicted molar refractivity (Wildman–Crippen MR) is 317 cm³/mol. The molecule has 0 radical (unpaired) electrons. The lowest BCUT2D eigenvalue weighted by Gasteiger charge is -2.32. The molecule has 87 heavy (non-hydrogen) atoms. The van der Waals surface area contributed by atoms with Gasteiger partial charge in [0.05, 0.1) is 49.0 Å². The average Bonchev–Trinajstić information content (AvgIpc) is 2.06. The zero-order valence-electron chi connectivity index (χ0n) is 48.4. The lowest BCUT2D eigenvalue weighted by Crippen LogP contribution is -2.58. The van der Waals surface area contributed by atoms with Gasteiger partial charge in [-0.1, -0.05) is 50.6 Å². The van der Waals surface area contributed by atoms with Crippen molar-refractivity contribution in [1.29, 1.82) is 0 Å². The Balaban J connectivity index is 1.09. The molecule has 30 heteroatoms. The van der Waals surface area contributed by atoms with Crippen molar-refractivity contribution in [2.24, 2.45) is 11.8 Å². The van der Waals surface area contributed by atoms with E-state index in [4.69, 9.17) is 0 Å². The Kier molecular flexibility index (Phi) is 23.7. The van der Waals surface area contributed by atoms with Gasteiger partial charge in [0, 0.05) is 73.2 Å². The molecule has 4 aliphatic heterocycles. The van der Waals surface area contributed by atoms with E-state index in [1.54, 1.807) is 50.2 Å². The first-order chi connectivity index (χ1) is 41.5. The predicted octanol–water partition coefficient (Wildman–Crippen LogP) is -2.50. The summed E-state index contributed by atoms with van der Waals surface area (Å²) in [7, 11) is 0. The van der Waals surface area contributed by atoms with Gasteiger partial charge in [0.2, 0.25) is 76.8 Å². The largest absolute Gasteiger partial charge is 0.394 e. The van der Waals surface area contributed by atoms with Crippen molar-refractivity contribution in [2.45, 2.75) is 138 Å². The third kappa shape index (κ3) is 18.2. The van der Waals surface area contributed by atoms with E-state index in [0.29, 0.717) is 52.0 Å². The number of carbonyl (C=O) groups excluding carboxylic acids is 13. The number of anilines is 1. The molecular formula is C57H75N13O15S2. The third-order valence-electron chi connectivity index (χ3n) is 15.6. The molecule has 2 aromatic carbocycles. The number of fused-ring (bicyclic) bond motifs is 5. The average molecular weight is 1250 g/mol. The number of imide groups is 1. The van der Waals surface area contributed by atoms with Crippen LogP contribution in [0, 0.1) is 11.8 Å². The van der Waals surface area contributed by atoms with Crippen LogP contribution >= 0.6 is 24.4 Å². The molecule has 0 spiro atoms. The Hall–Kier alpha value is -8.09. The number of aromatic amines is 1. The van der Waals surface area contributed by atoms with Gasteiger partial charge < -0.3 is 73.3 Å². The molecule has 7 rings (SSSR count). The molecule has 0 aliphatic carbocycles. The number of nitrogens with zero attached hydrogens (tertiary/aromatic N) is 2. The second kappa shape index (κ2) is 31.0. The summed E-state index contributed by atoms with van der Waals surface area (Å²) in [5.41, 5.74) is 2.00. The van der Waals surface area contributed by atoms with E-state index in [9.17, 15) is 72.5 Å². The molecule has 2 fully saturated rings. The molecule has 1 aromatic heterocycles. The number of thiol groups is 1. The van der Waals surface area contributed by atoms with Gasteiger partial charge in [0.1, 0.15) is 30.2 Å². The number of aliphatic hydroxyl groups is 2. The first-order valence-electron chi connectivity index (χ1n) is 28.8. The fourth-order valence-corrected chi connectivity index (χ4v) is 11.9. The first kappa shape index (κ1) is 66.4. The van der Waals surface area contributed by atoms with E-state index < -0.39 is 169 Å². The smallest absolute Gasteiger partial charge is 0.246 e. The van der Waals surface area contributed by atoms with Crippen LogP contribution in [0.4, 0.5) is 5.69 Å². The highest BCUT2D eigenvalue weighted by molar-refractivity contribution is 7.99. The number of aromatic nitrogens is 1. The molecule has 3 aromatic rings. The number of rotatable bonds is 17. The molecule has 10 atom stereocenters. The fourth-order valence-electron chi connectivity index (χ4n) is 10.5. The van der Waals surface area contributed by atoms with E-state index in [1.165, 1.54) is 24.0 Å². The summed E-state index contributed by atoms with van der Waals surface area (Å²) in [6.45, 7) is 2.36. The van der Waals surface area contributed by atoms with Crippen LogP contribution in [0.2, 0.25) is 0 Å². The molecule has 470 valence electrons. The topological polar surface area (TPSA) is 405 Å². The van der Waals surface area contributed by atoms with Crippen LogP contribution < -0.4 is 53.2 Å². The maximum absolute atomic E-state index is 15.0. The van der Waals surface area contributed by atoms with Crippen LogP contribution in [0.15, 0.2) is 53.6 Å². The van der Waals surface area contributed by atoms with Gasteiger partial charge in [0.15, 0.2) is 0 Å². The molecule has 2 unspecified atom stereocenters. The van der Waals surface area contributed by atoms with E-state index >= 15 is 0 Å². The molecular weight excluding hydrogens is 1170 g/mol. The number of para-hydroxylation sites is 1. The Labute approximate surface area is 510 Å². The lowest BCUT2D eigenvalue weighted by atomic mass is 9.91. The van der Waals surface area contributed by atoms with Gasteiger partial charge in [-0.05, 0) is 67.9 Å². The number of hydrogen-bond donors (Lipinski definition) is 14. The molecule has 13 N–H and O–H groups in total. The minimum absolute atomic E-state index is 0.0629. The Bertz CT molecular complexity index is 3110. The molecule has 13 amide bonds. The van der Waals surface area contributed by atoms with E-state index in [1.807, 2.05) is 0 Å². The monoisotopic (exact) mass is 1250 g/mol. The number of hydrogen-bond acceptors (Lipinski definition) is 17. The van der Waals surface area contributed by atoms with Crippen LogP contribution in [-0.2, 0) is 75.3 Å². The number of amides is 13. The quantitative estimate of drug-likeness (QED) is 0.0491. The molecule has 2 saturated heterocycles. The highest BCUT2D eigenvalue weighted by atomic mass is 32.2. The standard InChI is InChI=1S/C57H75N13O15S2/c1-4-29(2)49-54(83)61-25-46(76)64-41-28-87-55-37(36-9-5-6-10-38(36)67-55)20-39(52(81)60-26-47(77)68-49)65-51(80)32(19-35(72)27-71)18-34-8-7-16-69(34)56(84)40(66-53(41)82)21-44(74)58-23-31-11-13-33(14-12-31)63-50(79)30(3)62-45(75)24-59-43(73)15-17-70-48(78)22-42(86)57(70)85/h5-6,9-14,29-30,32,34-35,39-42,49,67,71-72,86H,4,7-8,15-28H2,1-3H3,(H,58,74)(H,59,73)(H,60,81)(H,61,83)(H,62,75)(H,63,79)(H,64,76)(H,65,80)(H,66,82)(H,68,77)/t29-,30-,32-,34?,35+,39-,40-,41+,42?,49-/m0/s1. The summed E-state index contributed by atoms with van der Waals surface area (Å²) in [6, 6.07) is 6.06. The van der Waals surface area contributed by atoms with Gasteiger partial charge >= 0.3 is 0 Å². The van der Waals surface area contributed by atoms with E-state index in [0.717, 1.165) is 16.7 Å². The van der Waals surface area contributed by atoms with Crippen molar-refractivity contribution < 1.29 is 72.5 Å². The number of thioether (sulfide) groups is 1. The van der Waals surface area contributed by atoms with Crippen LogP contribution in [0.25, 0.3) is 10.9 Å². The summed E-state index contributed by atoms with van der Waals surface area (Å²) in [6.07, 6.45) is -1.64. The van der Waals surface area contributed by atoms with E-state index in [2.05, 4.69) is 70.8 Å². The van der Waals surface area contributed by atoms with Crippen LogP contribution in [0.1, 0.15) is 83.3 Å². The Morgan fingerprint density at radius 1 is 0.793 bits per heavy atom. The van der Waals surface area contributed by atoms with Crippen molar-refractivity contribution >= 4 is 118 Å². The number of nitrogens with one attached hydrogen (secondary N) is 11. The van der Waals surface area contributed by atoms with Crippen molar-refractivity contribution in [3.63, 3.8) is 0 Å². The van der Waals surface area contributed by atoms with Gasteiger partial charge in [-0.2, -0.15) is 12.6 Å². The normalized spacial score (nSPS) is 23.8. The highest BCUT2D eigenvalue weighted by Crippen LogP contribution is 2.33. The molecule has 0 saturated carbocycles. The third-order valence-corrected chi connectivity index (χ3v) is 17.1. The minimum Gasteiger partial charge on any atom is -0.394 e. The van der Waals surface area contributed by atoms with Gasteiger partial charge in [-0.15, -0.1) is 11.8 Å². The molecule has 28 nitrogen and oxygen atoms in total. The Morgan fingerprint density at radius 2 is 1.51 bits per heavy atom. The zero-order chi connectivity index (χ0) is 63.1. The zero-order valence-corrected chi connectivity index (χ0v) is 50.1. The summed E-state index contributed by atoms with van der Waals surface area (Å²) in [4.78, 5) is 181. The summed E-state index contributed by atoms with van der Waals surface area (Å²) < 4.78 is 0. The van der Waals surface area contributed by atoms with Gasteiger partial charge in [-0.25, -0.2) is 0 Å². The number of benzene rings is 2. The van der Waals surface area contributed by atoms with Crippen molar-refractivity contribution in [3.8, 4) is 0 Å². The SMILES string of the molecule is CC[C@H](C)[C@@H]1NC(=O)CNC(=O)[C@@H]2Cc3c([nH]c4ccccc34)SC[C@@H](NC(=O)CNC1=O)C(=O)N[C@@H](CC(=O)NCc1ccc(NC(=O)[C@H](C)NC(=O)CNC(=O)CCN3C(=O)CC(S)C3=O)cc1)C(=O)N1CCCC1C[C@@H](C[C@@H](O)CO)C(=O)N2. The van der Waals surface area contributed by atoms with Crippen LogP contribution in [0.5, 0.6) is 0 Å². The molecule has 2 bridgehead atoms. The fraction of sp³-hybridized carbons (Fsp3) is 0.526. The second-order valence-electron chi connectivity index (χ2n) is 22.0. The van der Waals surface area contributed by atoms with Gasteiger partial charge in [-0.3, -0.25) is 67.2 Å². The second-order valence-corrected chi connectivity index (χ2v) is 23.7. The molecule has 4 aliphatic rings. The van der Waals surface area contributed by atoms with Crippen molar-refractivity contribution in [2.75, 3.05) is 50.4 Å². The lowest BCUT2D eigenvalue weighted by molar-refractivity contribution is -0.140. The number of carbonyl (C=O) groups is 13. The van der Waals surface area contributed by atoms with E-state index in [-0.39, 0.29) is 57.5 Å². The minimum atomic E-state index is -1.57. The van der Waals surface area contributed by atoms with Crippen LogP contribution in [0.3, 0.4) is 0 Å². The number of H-pyrrole nitrogens is 1. The van der Waals surface area contributed by atoms with Gasteiger partial charge in [0.25, 0.3) is 0 Å².